The van der Waals surface area contributed by atoms with Crippen molar-refractivity contribution in [1.82, 2.24) is 9.62 Å². The van der Waals surface area contributed by atoms with Crippen LogP contribution in [0.4, 0.5) is 0 Å². The zero-order valence-corrected chi connectivity index (χ0v) is 18.0. The second-order valence-electron chi connectivity index (χ2n) is 6.28. The lowest BCUT2D eigenvalue weighted by molar-refractivity contribution is 0.0730. The Labute approximate surface area is 179 Å². The number of hydrogen-bond acceptors (Lipinski definition) is 5. The Bertz CT molecular complexity index is 984. The summed E-state index contributed by atoms with van der Waals surface area (Å²) in [5, 5.41) is 3.14. The molecule has 2 aromatic rings. The number of amides is 1. The standard InChI is InChI=1S/C19H20Cl2N2O5S/c1-27-18-15(20)10-14(11-16(18)21)19(24)22-12-13-4-2-3-5-17(13)29(25,26)23-6-8-28-9-7-23/h2-5,10-11H,6-9,12H2,1H3,(H,22,24). The lowest BCUT2D eigenvalue weighted by Gasteiger charge is -2.27. The maximum Gasteiger partial charge on any atom is 0.251 e. The minimum Gasteiger partial charge on any atom is -0.494 e. The number of ether oxygens (including phenoxy) is 2. The lowest BCUT2D eigenvalue weighted by Crippen LogP contribution is -2.41. The van der Waals surface area contributed by atoms with E-state index in [0.29, 0.717) is 31.9 Å². The van der Waals surface area contributed by atoms with Crippen LogP contribution in [0.3, 0.4) is 0 Å². The van der Waals surface area contributed by atoms with E-state index >= 15 is 0 Å². The molecule has 2 aromatic carbocycles. The number of methoxy groups -OCH3 is 1. The van der Waals surface area contributed by atoms with Crippen molar-refractivity contribution in [2.45, 2.75) is 11.4 Å². The summed E-state index contributed by atoms with van der Waals surface area (Å²) in [4.78, 5) is 12.7. The monoisotopic (exact) mass is 458 g/mol. The molecular weight excluding hydrogens is 439 g/mol. The molecule has 0 atom stereocenters. The highest BCUT2D eigenvalue weighted by Crippen LogP contribution is 2.33. The molecule has 3 rings (SSSR count). The van der Waals surface area contributed by atoms with Crippen LogP contribution in [0.1, 0.15) is 15.9 Å². The van der Waals surface area contributed by atoms with Gasteiger partial charge in [-0.25, -0.2) is 8.42 Å². The SMILES string of the molecule is COc1c(Cl)cc(C(=O)NCc2ccccc2S(=O)(=O)N2CCOCC2)cc1Cl. The smallest absolute Gasteiger partial charge is 0.251 e. The molecule has 0 radical (unpaired) electrons. The number of carbonyl (C=O) groups excluding carboxylic acids is 1. The minimum atomic E-state index is -3.68. The molecule has 7 nitrogen and oxygen atoms in total. The van der Waals surface area contributed by atoms with Gasteiger partial charge in [0.2, 0.25) is 10.0 Å². The molecule has 10 heteroatoms. The predicted molar refractivity (Wildman–Crippen MR) is 110 cm³/mol. The van der Waals surface area contributed by atoms with Crippen LogP contribution >= 0.6 is 23.2 Å². The number of nitrogens with one attached hydrogen (secondary N) is 1. The summed E-state index contributed by atoms with van der Waals surface area (Å²) in [5.41, 5.74) is 0.729. The molecule has 29 heavy (non-hydrogen) atoms. The summed E-state index contributed by atoms with van der Waals surface area (Å²) in [6, 6.07) is 9.47. The average molecular weight is 459 g/mol. The largest absolute Gasteiger partial charge is 0.494 e. The number of morpholine rings is 1. The van der Waals surface area contributed by atoms with Crippen LogP contribution in [0, 0.1) is 0 Å². The average Bonchev–Trinajstić information content (AvgIpc) is 2.72. The fourth-order valence-electron chi connectivity index (χ4n) is 2.99. The number of nitrogens with zero attached hydrogens (tertiary/aromatic N) is 1. The van der Waals surface area contributed by atoms with Gasteiger partial charge in [0.05, 0.1) is 35.3 Å². The van der Waals surface area contributed by atoms with Crippen molar-refractivity contribution in [3.63, 3.8) is 0 Å². The maximum absolute atomic E-state index is 13.0. The highest BCUT2D eigenvalue weighted by molar-refractivity contribution is 7.89. The number of rotatable bonds is 6. The Morgan fingerprint density at radius 3 is 2.41 bits per heavy atom. The number of halogens is 2. The van der Waals surface area contributed by atoms with E-state index in [1.165, 1.54) is 29.6 Å². The first kappa shape index (κ1) is 21.9. The molecule has 1 amide bonds. The Balaban J connectivity index is 1.79. The van der Waals surface area contributed by atoms with Crippen LogP contribution < -0.4 is 10.1 Å². The Morgan fingerprint density at radius 2 is 1.79 bits per heavy atom. The Morgan fingerprint density at radius 1 is 1.17 bits per heavy atom. The minimum absolute atomic E-state index is 0.0276. The van der Waals surface area contributed by atoms with Crippen LogP contribution in [0.2, 0.25) is 10.0 Å². The van der Waals surface area contributed by atoms with Crippen molar-refractivity contribution in [3.05, 3.63) is 57.6 Å². The van der Waals surface area contributed by atoms with Gasteiger partial charge in [0.1, 0.15) is 0 Å². The lowest BCUT2D eigenvalue weighted by atomic mass is 10.2. The topological polar surface area (TPSA) is 84.9 Å². The molecule has 1 aliphatic rings. The number of hydrogen-bond donors (Lipinski definition) is 1. The zero-order chi connectivity index (χ0) is 21.0. The Kier molecular flexibility index (Phi) is 7.02. The normalized spacial score (nSPS) is 15.1. The number of sulfonamides is 1. The van der Waals surface area contributed by atoms with E-state index in [-0.39, 0.29) is 32.8 Å². The molecule has 0 bridgehead atoms. The first-order chi connectivity index (χ1) is 13.8. The number of carbonyl (C=O) groups is 1. The van der Waals surface area contributed by atoms with Gasteiger partial charge in [-0.1, -0.05) is 41.4 Å². The summed E-state index contributed by atoms with van der Waals surface area (Å²) >= 11 is 12.2. The van der Waals surface area contributed by atoms with Crippen LogP contribution in [-0.2, 0) is 21.3 Å². The van der Waals surface area contributed by atoms with Crippen LogP contribution in [0.5, 0.6) is 5.75 Å². The molecule has 0 saturated carbocycles. The predicted octanol–water partition coefficient (Wildman–Crippen LogP) is 2.95. The van der Waals surface area contributed by atoms with Crippen molar-refractivity contribution >= 4 is 39.1 Å². The van der Waals surface area contributed by atoms with Crippen molar-refractivity contribution in [1.29, 1.82) is 0 Å². The van der Waals surface area contributed by atoms with Gasteiger partial charge in [-0.2, -0.15) is 4.31 Å². The van der Waals surface area contributed by atoms with Gasteiger partial charge in [-0.15, -0.1) is 0 Å². The summed E-state index contributed by atoms with van der Waals surface area (Å²) in [6.07, 6.45) is 0. The van der Waals surface area contributed by atoms with E-state index in [1.54, 1.807) is 18.2 Å². The van der Waals surface area contributed by atoms with Crippen LogP contribution in [0.15, 0.2) is 41.3 Å². The van der Waals surface area contributed by atoms with Gasteiger partial charge in [-0.3, -0.25) is 4.79 Å². The zero-order valence-electron chi connectivity index (χ0n) is 15.7. The van der Waals surface area contributed by atoms with Gasteiger partial charge in [0, 0.05) is 25.2 Å². The van der Waals surface area contributed by atoms with E-state index in [4.69, 9.17) is 32.7 Å². The van der Waals surface area contributed by atoms with Gasteiger partial charge < -0.3 is 14.8 Å². The maximum atomic E-state index is 13.0. The summed E-state index contributed by atoms with van der Waals surface area (Å²) in [5.74, 6) is -0.151. The van der Waals surface area contributed by atoms with E-state index in [1.807, 2.05) is 0 Å². The molecule has 1 saturated heterocycles. The van der Waals surface area contributed by atoms with Gasteiger partial charge >= 0.3 is 0 Å². The molecule has 156 valence electrons. The molecule has 0 spiro atoms. The van der Waals surface area contributed by atoms with Crippen LogP contribution in [0.25, 0.3) is 0 Å². The molecule has 0 unspecified atom stereocenters. The van der Waals surface area contributed by atoms with Crippen molar-refractivity contribution < 1.29 is 22.7 Å². The van der Waals surface area contributed by atoms with E-state index in [0.717, 1.165) is 0 Å². The molecule has 1 aliphatic heterocycles. The first-order valence-corrected chi connectivity index (χ1v) is 11.0. The summed E-state index contributed by atoms with van der Waals surface area (Å²) in [6.45, 7) is 1.34. The highest BCUT2D eigenvalue weighted by Gasteiger charge is 2.28. The third-order valence-corrected chi connectivity index (χ3v) is 7.03. The molecule has 1 N–H and O–H groups in total. The first-order valence-electron chi connectivity index (χ1n) is 8.81. The summed E-state index contributed by atoms with van der Waals surface area (Å²) < 4.78 is 37.7. The third kappa shape index (κ3) is 4.84. The molecule has 1 fully saturated rings. The van der Waals surface area contributed by atoms with Gasteiger partial charge in [-0.05, 0) is 23.8 Å². The molecule has 0 aromatic heterocycles. The molecule has 1 heterocycles. The highest BCUT2D eigenvalue weighted by atomic mass is 35.5. The van der Waals surface area contributed by atoms with Crippen molar-refractivity contribution in [3.8, 4) is 5.75 Å². The van der Waals surface area contributed by atoms with Gasteiger partial charge in [0.25, 0.3) is 5.91 Å². The van der Waals surface area contributed by atoms with Gasteiger partial charge in [0.15, 0.2) is 5.75 Å². The fraction of sp³-hybridized carbons (Fsp3) is 0.316. The van der Waals surface area contributed by atoms with E-state index < -0.39 is 15.9 Å². The fourth-order valence-corrected chi connectivity index (χ4v) is 5.26. The molecule has 0 aliphatic carbocycles. The molecular formula is C19H20Cl2N2O5S. The van der Waals surface area contributed by atoms with E-state index in [9.17, 15) is 13.2 Å². The second-order valence-corrected chi connectivity index (χ2v) is 9.00. The van der Waals surface area contributed by atoms with Crippen molar-refractivity contribution in [2.24, 2.45) is 0 Å². The van der Waals surface area contributed by atoms with Crippen molar-refractivity contribution in [2.75, 3.05) is 33.4 Å². The quantitative estimate of drug-likeness (QED) is 0.718. The summed E-state index contributed by atoms with van der Waals surface area (Å²) in [7, 11) is -2.26. The second kappa shape index (κ2) is 9.32. The Hall–Kier alpha value is -1.84. The van der Waals surface area contributed by atoms with Crippen LogP contribution in [-0.4, -0.2) is 52.0 Å². The van der Waals surface area contributed by atoms with E-state index in [2.05, 4.69) is 5.32 Å². The third-order valence-electron chi connectivity index (χ3n) is 4.46. The number of benzene rings is 2.